The van der Waals surface area contributed by atoms with Crippen LogP contribution in [0.1, 0.15) is 10.5 Å². The Labute approximate surface area is 147 Å². The van der Waals surface area contributed by atoms with Crippen LogP contribution in [0.2, 0.25) is 15.1 Å². The molecular formula is C16H10Cl3N3O. The average molecular weight is 367 g/mol. The van der Waals surface area contributed by atoms with Crippen LogP contribution in [0.15, 0.2) is 55.0 Å². The molecule has 0 unspecified atom stereocenters. The van der Waals surface area contributed by atoms with E-state index < -0.39 is 0 Å². The molecule has 0 saturated heterocycles. The molecule has 3 rings (SSSR count). The van der Waals surface area contributed by atoms with Crippen molar-refractivity contribution < 1.29 is 4.79 Å². The predicted molar refractivity (Wildman–Crippen MR) is 93.0 cm³/mol. The van der Waals surface area contributed by atoms with E-state index >= 15 is 0 Å². The van der Waals surface area contributed by atoms with E-state index in [-0.39, 0.29) is 11.6 Å². The molecule has 0 aliphatic rings. The van der Waals surface area contributed by atoms with Gasteiger partial charge in [-0.15, -0.1) is 0 Å². The first kappa shape index (κ1) is 15.9. The van der Waals surface area contributed by atoms with Crippen LogP contribution < -0.4 is 5.32 Å². The van der Waals surface area contributed by atoms with Crippen LogP contribution in [-0.4, -0.2) is 15.5 Å². The second-order valence-electron chi connectivity index (χ2n) is 4.70. The summed E-state index contributed by atoms with van der Waals surface area (Å²) in [5, 5.41) is 3.99. The van der Waals surface area contributed by atoms with Crippen LogP contribution >= 0.6 is 34.8 Å². The summed E-state index contributed by atoms with van der Waals surface area (Å²) in [6, 6.07) is 12.2. The van der Waals surface area contributed by atoms with E-state index in [1.54, 1.807) is 47.4 Å². The third-order valence-electron chi connectivity index (χ3n) is 3.14. The lowest BCUT2D eigenvalue weighted by molar-refractivity contribution is 0.102. The van der Waals surface area contributed by atoms with E-state index in [4.69, 9.17) is 34.8 Å². The van der Waals surface area contributed by atoms with Crippen LogP contribution in [0, 0.1) is 0 Å². The molecule has 0 radical (unpaired) electrons. The molecule has 23 heavy (non-hydrogen) atoms. The molecule has 0 saturated carbocycles. The van der Waals surface area contributed by atoms with Gasteiger partial charge in [0.05, 0.1) is 15.7 Å². The summed E-state index contributed by atoms with van der Waals surface area (Å²) in [5.74, 6) is -0.373. The number of amides is 1. The molecule has 0 atom stereocenters. The maximum Gasteiger partial charge on any atom is 0.275 e. The predicted octanol–water partition coefficient (Wildman–Crippen LogP) is 5.08. The lowest BCUT2D eigenvalue weighted by Crippen LogP contribution is -2.12. The zero-order valence-corrected chi connectivity index (χ0v) is 13.9. The summed E-state index contributed by atoms with van der Waals surface area (Å²) in [4.78, 5) is 16.4. The minimum Gasteiger partial charge on any atom is -0.319 e. The van der Waals surface area contributed by atoms with Gasteiger partial charge in [0, 0.05) is 16.9 Å². The van der Waals surface area contributed by atoms with Gasteiger partial charge in [0.2, 0.25) is 0 Å². The fraction of sp³-hybridized carbons (Fsp3) is 0. The van der Waals surface area contributed by atoms with Gasteiger partial charge in [-0.1, -0.05) is 40.9 Å². The standard InChI is InChI=1S/C16H10Cl3N3O/c17-10-4-6-11(7-5-10)22-8-14(20-9-22)16(23)21-13-3-1-2-12(18)15(13)19/h1-9H,(H,21,23). The molecule has 2 aromatic carbocycles. The van der Waals surface area contributed by atoms with Crippen molar-refractivity contribution in [2.75, 3.05) is 5.32 Å². The van der Waals surface area contributed by atoms with Gasteiger partial charge in [0.1, 0.15) is 12.0 Å². The smallest absolute Gasteiger partial charge is 0.275 e. The number of imidazole rings is 1. The lowest BCUT2D eigenvalue weighted by Gasteiger charge is -2.06. The number of anilines is 1. The number of hydrogen-bond acceptors (Lipinski definition) is 2. The van der Waals surface area contributed by atoms with Gasteiger partial charge >= 0.3 is 0 Å². The number of rotatable bonds is 3. The highest BCUT2D eigenvalue weighted by molar-refractivity contribution is 6.44. The Bertz CT molecular complexity index is 859. The SMILES string of the molecule is O=C(Nc1cccc(Cl)c1Cl)c1cn(-c2ccc(Cl)cc2)cn1. The molecule has 3 aromatic rings. The van der Waals surface area contributed by atoms with E-state index in [0.29, 0.717) is 20.8 Å². The Morgan fingerprint density at radius 3 is 2.52 bits per heavy atom. The first-order chi connectivity index (χ1) is 11.0. The van der Waals surface area contributed by atoms with Crippen molar-refractivity contribution in [2.45, 2.75) is 0 Å². The molecule has 116 valence electrons. The van der Waals surface area contributed by atoms with Gasteiger partial charge in [-0.2, -0.15) is 0 Å². The van der Waals surface area contributed by atoms with Gasteiger partial charge in [0.25, 0.3) is 5.91 Å². The second kappa shape index (κ2) is 6.62. The van der Waals surface area contributed by atoms with Crippen molar-refractivity contribution in [3.8, 4) is 5.69 Å². The molecule has 0 aliphatic heterocycles. The lowest BCUT2D eigenvalue weighted by atomic mass is 10.3. The van der Waals surface area contributed by atoms with E-state index in [2.05, 4.69) is 10.3 Å². The molecule has 4 nitrogen and oxygen atoms in total. The summed E-state index contributed by atoms with van der Waals surface area (Å²) in [7, 11) is 0. The molecular weight excluding hydrogens is 357 g/mol. The fourth-order valence-electron chi connectivity index (χ4n) is 1.98. The number of aromatic nitrogens is 2. The Morgan fingerprint density at radius 2 is 1.78 bits per heavy atom. The van der Waals surface area contributed by atoms with Gasteiger partial charge in [-0.05, 0) is 36.4 Å². The van der Waals surface area contributed by atoms with Crippen molar-refractivity contribution in [3.05, 3.63) is 75.8 Å². The first-order valence-corrected chi connectivity index (χ1v) is 7.73. The molecule has 1 heterocycles. The van der Waals surface area contributed by atoms with Gasteiger partial charge in [0.15, 0.2) is 0 Å². The maximum absolute atomic E-state index is 12.3. The molecule has 1 aromatic heterocycles. The Balaban J connectivity index is 1.81. The van der Waals surface area contributed by atoms with Crippen LogP contribution in [0.25, 0.3) is 5.69 Å². The van der Waals surface area contributed by atoms with Crippen LogP contribution in [0.5, 0.6) is 0 Å². The summed E-state index contributed by atoms with van der Waals surface area (Å²) in [5.41, 5.74) is 1.54. The highest BCUT2D eigenvalue weighted by atomic mass is 35.5. The molecule has 1 N–H and O–H groups in total. The van der Waals surface area contributed by atoms with Crippen molar-refractivity contribution in [2.24, 2.45) is 0 Å². The molecule has 0 spiro atoms. The van der Waals surface area contributed by atoms with Crippen LogP contribution in [-0.2, 0) is 0 Å². The number of benzene rings is 2. The monoisotopic (exact) mass is 365 g/mol. The number of nitrogens with zero attached hydrogens (tertiary/aromatic N) is 2. The van der Waals surface area contributed by atoms with Crippen LogP contribution in [0.4, 0.5) is 5.69 Å². The van der Waals surface area contributed by atoms with Gasteiger partial charge < -0.3 is 9.88 Å². The van der Waals surface area contributed by atoms with E-state index in [1.165, 1.54) is 0 Å². The zero-order chi connectivity index (χ0) is 16.4. The quantitative estimate of drug-likeness (QED) is 0.702. The highest BCUT2D eigenvalue weighted by Crippen LogP contribution is 2.29. The Hall–Kier alpha value is -2.01. The number of carbonyl (C=O) groups is 1. The fourth-order valence-corrected chi connectivity index (χ4v) is 2.45. The third kappa shape index (κ3) is 3.50. The summed E-state index contributed by atoms with van der Waals surface area (Å²) in [6.45, 7) is 0. The Morgan fingerprint density at radius 1 is 1.04 bits per heavy atom. The minimum absolute atomic E-state index is 0.260. The molecule has 1 amide bonds. The second-order valence-corrected chi connectivity index (χ2v) is 5.92. The van der Waals surface area contributed by atoms with E-state index in [9.17, 15) is 4.79 Å². The first-order valence-electron chi connectivity index (χ1n) is 6.60. The summed E-state index contributed by atoms with van der Waals surface area (Å²) >= 11 is 17.8. The molecule has 0 bridgehead atoms. The molecule has 7 heteroatoms. The maximum atomic E-state index is 12.3. The summed E-state index contributed by atoms with van der Waals surface area (Å²) in [6.07, 6.45) is 3.18. The van der Waals surface area contributed by atoms with Crippen LogP contribution in [0.3, 0.4) is 0 Å². The topological polar surface area (TPSA) is 46.9 Å². The van der Waals surface area contributed by atoms with Crippen molar-refractivity contribution in [3.63, 3.8) is 0 Å². The molecule has 0 aliphatic carbocycles. The number of halogens is 3. The van der Waals surface area contributed by atoms with E-state index in [0.717, 1.165) is 5.69 Å². The van der Waals surface area contributed by atoms with E-state index in [1.807, 2.05) is 12.1 Å². The van der Waals surface area contributed by atoms with Crippen molar-refractivity contribution >= 4 is 46.4 Å². The van der Waals surface area contributed by atoms with Crippen molar-refractivity contribution in [1.29, 1.82) is 0 Å². The normalized spacial score (nSPS) is 10.6. The Kier molecular flexibility index (Phi) is 4.57. The largest absolute Gasteiger partial charge is 0.319 e. The van der Waals surface area contributed by atoms with Gasteiger partial charge in [-0.25, -0.2) is 4.98 Å². The third-order valence-corrected chi connectivity index (χ3v) is 4.21. The number of carbonyl (C=O) groups excluding carboxylic acids is 1. The zero-order valence-electron chi connectivity index (χ0n) is 11.6. The number of nitrogens with one attached hydrogen (secondary N) is 1. The minimum atomic E-state index is -0.373. The van der Waals surface area contributed by atoms with Gasteiger partial charge in [-0.3, -0.25) is 4.79 Å². The van der Waals surface area contributed by atoms with Crippen molar-refractivity contribution in [1.82, 2.24) is 9.55 Å². The summed E-state index contributed by atoms with van der Waals surface area (Å²) < 4.78 is 1.73. The molecule has 0 fully saturated rings. The highest BCUT2D eigenvalue weighted by Gasteiger charge is 2.13. The number of hydrogen-bond donors (Lipinski definition) is 1. The average Bonchev–Trinajstić information content (AvgIpc) is 3.02.